The molecule has 0 spiro atoms. The van der Waals surface area contributed by atoms with Crippen LogP contribution in [0.25, 0.3) is 0 Å². The molecule has 0 saturated carbocycles. The first kappa shape index (κ1) is 18.4. The molecule has 0 fully saturated rings. The van der Waals surface area contributed by atoms with Gasteiger partial charge in [0.2, 0.25) is 0 Å². The molecular formula is C11H27LiOSi2. The zero-order valence-corrected chi connectivity index (χ0v) is 14.2. The molecule has 0 aromatic rings. The molecule has 0 aliphatic heterocycles. The van der Waals surface area contributed by atoms with Gasteiger partial charge in [-0.15, -0.1) is 4.85 Å². The number of hydrogen-bond acceptors (Lipinski definition) is 1. The van der Waals surface area contributed by atoms with Crippen molar-refractivity contribution in [3.8, 4) is 0 Å². The Balaban J connectivity index is 0. The molecule has 15 heavy (non-hydrogen) atoms. The van der Waals surface area contributed by atoms with Crippen LogP contribution in [0, 0.1) is 5.92 Å². The van der Waals surface area contributed by atoms with Gasteiger partial charge in [0.05, 0.1) is 0 Å². The molecule has 1 nitrogen and oxygen atoms in total. The molecule has 0 aliphatic rings. The van der Waals surface area contributed by atoms with Gasteiger partial charge in [-0.1, -0.05) is 59.6 Å². The van der Waals surface area contributed by atoms with E-state index in [9.17, 15) is 5.11 Å². The largest absolute Gasteiger partial charge is 1.00 e. The molecule has 0 rings (SSSR count). The second kappa shape index (κ2) is 5.55. The van der Waals surface area contributed by atoms with Crippen molar-refractivity contribution in [2.75, 3.05) is 0 Å². The minimum absolute atomic E-state index is 0. The topological polar surface area (TPSA) is 23.1 Å². The van der Waals surface area contributed by atoms with Gasteiger partial charge in [-0.3, -0.25) is 0 Å². The Hall–Kier alpha value is 0.991. The third-order valence-electron chi connectivity index (χ3n) is 3.12. The van der Waals surface area contributed by atoms with Crippen molar-refractivity contribution in [3.05, 3.63) is 0 Å². The Bertz CT molecular complexity index is 178. The fourth-order valence-corrected chi connectivity index (χ4v) is 13.4. The first-order valence-electron chi connectivity index (χ1n) is 5.62. The van der Waals surface area contributed by atoms with Crippen molar-refractivity contribution in [1.29, 1.82) is 0 Å². The van der Waals surface area contributed by atoms with E-state index in [1.807, 2.05) is 0 Å². The summed E-state index contributed by atoms with van der Waals surface area (Å²) in [4.78, 5) is -0.575. The third-order valence-corrected chi connectivity index (χ3v) is 12.9. The SMILES string of the molecule is CC(C)CC([O-])([Si](C)(C)C)[Si](C)(C)C.[Li+]. The van der Waals surface area contributed by atoms with Crippen molar-refractivity contribution in [2.45, 2.75) is 64.4 Å². The molecule has 0 heterocycles. The molecule has 0 aliphatic carbocycles. The van der Waals surface area contributed by atoms with Crippen LogP contribution in [-0.2, 0) is 0 Å². The van der Waals surface area contributed by atoms with Crippen molar-refractivity contribution in [2.24, 2.45) is 5.92 Å². The normalized spacial score (nSPS) is 14.0. The molecule has 0 N–H and O–H groups in total. The fourth-order valence-electron chi connectivity index (χ4n) is 2.31. The monoisotopic (exact) mass is 238 g/mol. The van der Waals surface area contributed by atoms with E-state index in [0.717, 1.165) is 6.42 Å². The van der Waals surface area contributed by atoms with Crippen LogP contribution in [-0.4, -0.2) is 21.0 Å². The van der Waals surface area contributed by atoms with Crippen LogP contribution in [0.3, 0.4) is 0 Å². The molecule has 0 atom stereocenters. The maximum Gasteiger partial charge on any atom is 1.00 e. The van der Waals surface area contributed by atoms with E-state index >= 15 is 0 Å². The van der Waals surface area contributed by atoms with Crippen LogP contribution in [0.4, 0.5) is 0 Å². The van der Waals surface area contributed by atoms with E-state index in [0.29, 0.717) is 5.92 Å². The van der Waals surface area contributed by atoms with Gasteiger partial charge in [0, 0.05) is 16.1 Å². The zero-order valence-electron chi connectivity index (χ0n) is 12.2. The maximum atomic E-state index is 13.1. The first-order valence-corrected chi connectivity index (χ1v) is 12.6. The standard InChI is InChI=1S/C11H27OSi2.Li/c1-10(2)9-11(12,13(3,4)5)14(6,7)8;/h10H,9H2,1-8H3;/q-1;+1. The summed E-state index contributed by atoms with van der Waals surface area (Å²) in [7, 11) is -3.21. The summed E-state index contributed by atoms with van der Waals surface area (Å²) in [5.74, 6) is 0.533. The Morgan fingerprint density at radius 3 is 1.27 bits per heavy atom. The van der Waals surface area contributed by atoms with E-state index in [1.165, 1.54) is 0 Å². The van der Waals surface area contributed by atoms with Gasteiger partial charge < -0.3 is 5.11 Å². The summed E-state index contributed by atoms with van der Waals surface area (Å²) in [6.07, 6.45) is 0.873. The molecular weight excluding hydrogens is 211 g/mol. The van der Waals surface area contributed by atoms with Crippen LogP contribution in [0.15, 0.2) is 0 Å². The predicted molar refractivity (Wildman–Crippen MR) is 68.9 cm³/mol. The van der Waals surface area contributed by atoms with Crippen LogP contribution in [0.2, 0.25) is 39.3 Å². The van der Waals surface area contributed by atoms with Crippen molar-refractivity contribution in [3.63, 3.8) is 0 Å². The molecule has 86 valence electrons. The molecule has 0 unspecified atom stereocenters. The molecule has 0 aromatic carbocycles. The summed E-state index contributed by atoms with van der Waals surface area (Å²) in [6.45, 7) is 17.8. The van der Waals surface area contributed by atoms with E-state index in [2.05, 4.69) is 53.1 Å². The van der Waals surface area contributed by atoms with Gasteiger partial charge in [0.1, 0.15) is 0 Å². The quantitative estimate of drug-likeness (QED) is 0.627. The second-order valence-electron chi connectivity index (χ2n) is 6.92. The van der Waals surface area contributed by atoms with Gasteiger partial charge in [-0.05, 0) is 5.92 Å². The molecule has 0 aromatic heterocycles. The summed E-state index contributed by atoms with van der Waals surface area (Å²) in [5.41, 5.74) is 0. The van der Waals surface area contributed by atoms with Crippen LogP contribution >= 0.6 is 0 Å². The Morgan fingerprint density at radius 1 is 0.933 bits per heavy atom. The van der Waals surface area contributed by atoms with Gasteiger partial charge in [-0.25, -0.2) is 0 Å². The van der Waals surface area contributed by atoms with Gasteiger partial charge in [-0.2, -0.15) is 0 Å². The molecule has 0 radical (unpaired) electrons. The minimum Gasteiger partial charge on any atom is -0.854 e. The Morgan fingerprint density at radius 2 is 1.20 bits per heavy atom. The van der Waals surface area contributed by atoms with Crippen molar-refractivity contribution < 1.29 is 24.0 Å². The van der Waals surface area contributed by atoms with Gasteiger partial charge in [0.25, 0.3) is 0 Å². The smallest absolute Gasteiger partial charge is 0.854 e. The maximum absolute atomic E-state index is 13.1. The van der Waals surface area contributed by atoms with Crippen molar-refractivity contribution >= 4 is 16.1 Å². The summed E-state index contributed by atoms with van der Waals surface area (Å²) in [5, 5.41) is 13.1. The second-order valence-corrected chi connectivity index (χ2v) is 18.0. The predicted octanol–water partition coefficient (Wildman–Crippen LogP) is -0.110. The molecule has 0 bridgehead atoms. The van der Waals surface area contributed by atoms with Crippen molar-refractivity contribution in [1.82, 2.24) is 0 Å². The summed E-state index contributed by atoms with van der Waals surface area (Å²) in [6, 6.07) is 0. The molecule has 0 saturated heterocycles. The van der Waals surface area contributed by atoms with E-state index in [-0.39, 0.29) is 18.9 Å². The third kappa shape index (κ3) is 4.40. The first-order chi connectivity index (χ1) is 5.92. The average Bonchev–Trinajstić information content (AvgIpc) is 1.79. The Kier molecular flexibility index (Phi) is 6.79. The summed E-state index contributed by atoms with van der Waals surface area (Å²) >= 11 is 0. The molecule has 4 heteroatoms. The number of hydrogen-bond donors (Lipinski definition) is 0. The van der Waals surface area contributed by atoms with Crippen LogP contribution < -0.4 is 24.0 Å². The van der Waals surface area contributed by atoms with E-state index in [4.69, 9.17) is 0 Å². The van der Waals surface area contributed by atoms with Crippen LogP contribution in [0.1, 0.15) is 20.3 Å². The van der Waals surface area contributed by atoms with Gasteiger partial charge >= 0.3 is 18.9 Å². The van der Waals surface area contributed by atoms with Gasteiger partial charge in [0.15, 0.2) is 0 Å². The van der Waals surface area contributed by atoms with E-state index < -0.39 is 21.0 Å². The fraction of sp³-hybridized carbons (Fsp3) is 1.00. The number of rotatable bonds is 4. The van der Waals surface area contributed by atoms with E-state index in [1.54, 1.807) is 0 Å². The van der Waals surface area contributed by atoms with Crippen LogP contribution in [0.5, 0.6) is 0 Å². The average molecular weight is 238 g/mol. The zero-order chi connectivity index (χ0) is 11.8. The molecule has 0 amide bonds. The summed E-state index contributed by atoms with van der Waals surface area (Å²) < 4.78 is 0. The Labute approximate surface area is 110 Å². The minimum atomic E-state index is -1.60.